The van der Waals surface area contributed by atoms with Crippen LogP contribution in [0.25, 0.3) is 0 Å². The third-order valence-electron chi connectivity index (χ3n) is 1.44. The fourth-order valence-electron chi connectivity index (χ4n) is 0.959. The van der Waals surface area contributed by atoms with Crippen LogP contribution in [0, 0.1) is 0 Å². The van der Waals surface area contributed by atoms with Crippen molar-refractivity contribution in [2.45, 2.75) is 0 Å². The largest absolute Gasteiger partial charge is 0.395 e. The zero-order valence-corrected chi connectivity index (χ0v) is 5.66. The van der Waals surface area contributed by atoms with Gasteiger partial charge < -0.3 is 10.0 Å². The molecule has 0 unspecified atom stereocenters. The lowest BCUT2D eigenvalue weighted by Crippen LogP contribution is -2.31. The van der Waals surface area contributed by atoms with E-state index in [0.29, 0.717) is 18.9 Å². The lowest BCUT2D eigenvalue weighted by Gasteiger charge is -2.14. The van der Waals surface area contributed by atoms with Crippen LogP contribution in [0.3, 0.4) is 0 Å². The lowest BCUT2D eigenvalue weighted by molar-refractivity contribution is -0.103. The molecule has 56 valence electrons. The number of hydrogen-bond acceptors (Lipinski definition) is 4. The van der Waals surface area contributed by atoms with Crippen molar-refractivity contribution in [3.63, 3.8) is 0 Å². The Balaban J connectivity index is 2.45. The molecule has 4 heteroatoms. The number of β-amino-alcohol motifs (C(OH)–C–C–N with tert-alkyl or cyclic N) is 1. The molecule has 1 N–H and O–H groups in total. The highest BCUT2D eigenvalue weighted by Crippen LogP contribution is 1.97. The Morgan fingerprint density at radius 1 is 1.80 bits per heavy atom. The molecule has 0 amide bonds. The number of aliphatic imine (C=N–C) groups is 1. The number of nitrogens with zero attached hydrogens (tertiary/aromatic N) is 2. The van der Waals surface area contributed by atoms with Crippen molar-refractivity contribution in [1.29, 1.82) is 0 Å². The predicted molar refractivity (Wildman–Crippen MR) is 37.0 cm³/mol. The van der Waals surface area contributed by atoms with Gasteiger partial charge in [0.2, 0.25) is 0 Å². The number of hydrogen-bond donors (Lipinski definition) is 1. The first-order valence-electron chi connectivity index (χ1n) is 3.24. The Morgan fingerprint density at radius 2 is 2.60 bits per heavy atom. The maximum absolute atomic E-state index is 10.2. The van der Waals surface area contributed by atoms with Gasteiger partial charge in [-0.2, -0.15) is 0 Å². The number of rotatable bonds is 3. The Labute approximate surface area is 59.2 Å². The van der Waals surface area contributed by atoms with Gasteiger partial charge in [0.1, 0.15) is 0 Å². The van der Waals surface area contributed by atoms with Gasteiger partial charge in [-0.05, 0) is 0 Å². The monoisotopic (exact) mass is 142 g/mol. The van der Waals surface area contributed by atoms with Crippen molar-refractivity contribution in [3.05, 3.63) is 0 Å². The topological polar surface area (TPSA) is 52.9 Å². The third-order valence-corrected chi connectivity index (χ3v) is 1.44. The Morgan fingerprint density at radius 3 is 3.20 bits per heavy atom. The smallest absolute Gasteiger partial charge is 0.184 e. The molecule has 0 aromatic carbocycles. The Kier molecular flexibility index (Phi) is 2.39. The number of aliphatic hydroxyl groups excluding tert-OH is 1. The van der Waals surface area contributed by atoms with Crippen LogP contribution in [-0.2, 0) is 4.79 Å². The summed E-state index contributed by atoms with van der Waals surface area (Å²) in [6.07, 6.45) is 0.725. The van der Waals surface area contributed by atoms with Gasteiger partial charge in [-0.15, -0.1) is 0 Å². The van der Waals surface area contributed by atoms with E-state index in [9.17, 15) is 4.79 Å². The summed E-state index contributed by atoms with van der Waals surface area (Å²) in [5.74, 6) is 0.467. The second-order valence-electron chi connectivity index (χ2n) is 2.07. The van der Waals surface area contributed by atoms with E-state index in [1.165, 1.54) is 0 Å². The molecule has 10 heavy (non-hydrogen) atoms. The average molecular weight is 142 g/mol. The molecule has 0 bridgehead atoms. The minimum atomic E-state index is 0.0762. The molecule has 0 saturated carbocycles. The van der Waals surface area contributed by atoms with Crippen LogP contribution in [0.2, 0.25) is 0 Å². The molecule has 0 aromatic heterocycles. The normalized spacial score (nSPS) is 17.3. The van der Waals surface area contributed by atoms with Crippen LogP contribution in [0.1, 0.15) is 0 Å². The molecule has 0 atom stereocenters. The third kappa shape index (κ3) is 1.33. The molecule has 0 aromatic rings. The van der Waals surface area contributed by atoms with Crippen LogP contribution in [0.5, 0.6) is 0 Å². The maximum atomic E-state index is 10.2. The number of aldehydes is 1. The van der Waals surface area contributed by atoms with E-state index in [1.54, 1.807) is 4.90 Å². The predicted octanol–water partition coefficient (Wildman–Crippen LogP) is -1.11. The highest BCUT2D eigenvalue weighted by Gasteiger charge is 2.13. The number of aliphatic hydroxyl groups is 1. The average Bonchev–Trinajstić information content (AvgIpc) is 2.36. The second kappa shape index (κ2) is 3.31. The van der Waals surface area contributed by atoms with E-state index in [2.05, 4.69) is 4.99 Å². The molecule has 0 aliphatic carbocycles. The summed E-state index contributed by atoms with van der Waals surface area (Å²) in [5, 5.41) is 8.53. The molecule has 0 saturated heterocycles. The molecule has 1 aliphatic rings. The van der Waals surface area contributed by atoms with Gasteiger partial charge in [-0.3, -0.25) is 9.79 Å². The zero-order chi connectivity index (χ0) is 7.40. The van der Waals surface area contributed by atoms with Crippen molar-refractivity contribution in [3.8, 4) is 0 Å². The van der Waals surface area contributed by atoms with E-state index in [1.807, 2.05) is 0 Å². The van der Waals surface area contributed by atoms with Gasteiger partial charge in [0.25, 0.3) is 0 Å². The van der Waals surface area contributed by atoms with Gasteiger partial charge in [-0.1, -0.05) is 0 Å². The second-order valence-corrected chi connectivity index (χ2v) is 2.07. The lowest BCUT2D eigenvalue weighted by atomic mass is 10.5. The van der Waals surface area contributed by atoms with Crippen LogP contribution >= 0.6 is 0 Å². The van der Waals surface area contributed by atoms with Gasteiger partial charge in [0, 0.05) is 13.1 Å². The molecule has 0 radical (unpaired) electrons. The van der Waals surface area contributed by atoms with Crippen molar-refractivity contribution in [1.82, 2.24) is 4.90 Å². The Bertz CT molecular complexity index is 156. The fraction of sp³-hybridized carbons (Fsp3) is 0.667. The summed E-state index contributed by atoms with van der Waals surface area (Å²) in [7, 11) is 0. The van der Waals surface area contributed by atoms with Crippen LogP contribution < -0.4 is 0 Å². The molecular weight excluding hydrogens is 132 g/mol. The van der Waals surface area contributed by atoms with Crippen molar-refractivity contribution in [2.24, 2.45) is 4.99 Å². The summed E-state index contributed by atoms with van der Waals surface area (Å²) >= 11 is 0. The Hall–Kier alpha value is -0.900. The van der Waals surface area contributed by atoms with E-state index < -0.39 is 0 Å². The highest BCUT2D eigenvalue weighted by molar-refractivity contribution is 6.27. The van der Waals surface area contributed by atoms with E-state index in [0.717, 1.165) is 12.8 Å². The number of amidine groups is 1. The molecule has 1 rings (SSSR count). The minimum absolute atomic E-state index is 0.0762. The zero-order valence-electron chi connectivity index (χ0n) is 5.66. The first kappa shape index (κ1) is 7.21. The molecule has 1 aliphatic heterocycles. The standard InChI is InChI=1S/C6H10N2O2/c9-4-3-8-2-1-7-6(8)5-10/h5,9H,1-4H2. The van der Waals surface area contributed by atoms with Crippen molar-refractivity contribution < 1.29 is 9.90 Å². The first-order valence-corrected chi connectivity index (χ1v) is 3.24. The molecule has 1 heterocycles. The maximum Gasteiger partial charge on any atom is 0.184 e. The molecular formula is C6H10N2O2. The van der Waals surface area contributed by atoms with Gasteiger partial charge in [0.15, 0.2) is 12.1 Å². The number of carbonyl (C=O) groups is 1. The quantitative estimate of drug-likeness (QED) is 0.508. The summed E-state index contributed by atoms with van der Waals surface area (Å²) in [6, 6.07) is 0. The van der Waals surface area contributed by atoms with Crippen molar-refractivity contribution in [2.75, 3.05) is 26.2 Å². The van der Waals surface area contributed by atoms with E-state index in [4.69, 9.17) is 5.11 Å². The van der Waals surface area contributed by atoms with E-state index >= 15 is 0 Å². The van der Waals surface area contributed by atoms with Gasteiger partial charge in [-0.25, -0.2) is 0 Å². The fourth-order valence-corrected chi connectivity index (χ4v) is 0.959. The summed E-state index contributed by atoms with van der Waals surface area (Å²) < 4.78 is 0. The van der Waals surface area contributed by atoms with Gasteiger partial charge in [0.05, 0.1) is 13.2 Å². The minimum Gasteiger partial charge on any atom is -0.395 e. The number of carbonyl (C=O) groups excluding carboxylic acids is 1. The van der Waals surface area contributed by atoms with Crippen molar-refractivity contribution >= 4 is 12.1 Å². The molecule has 4 nitrogen and oxygen atoms in total. The summed E-state index contributed by atoms with van der Waals surface area (Å²) in [6.45, 7) is 2.02. The first-order chi connectivity index (χ1) is 4.88. The SMILES string of the molecule is O=CC1=NCCN1CCO. The summed E-state index contributed by atoms with van der Waals surface area (Å²) in [5.41, 5.74) is 0. The van der Waals surface area contributed by atoms with Crippen LogP contribution in [0.4, 0.5) is 0 Å². The summed E-state index contributed by atoms with van der Waals surface area (Å²) in [4.78, 5) is 15.9. The van der Waals surface area contributed by atoms with Crippen LogP contribution in [0.15, 0.2) is 4.99 Å². The highest BCUT2D eigenvalue weighted by atomic mass is 16.3. The molecule has 0 spiro atoms. The molecule has 0 fully saturated rings. The van der Waals surface area contributed by atoms with Gasteiger partial charge >= 0.3 is 0 Å². The van der Waals surface area contributed by atoms with E-state index in [-0.39, 0.29) is 6.61 Å². The van der Waals surface area contributed by atoms with Crippen LogP contribution in [-0.4, -0.2) is 48.4 Å².